The first-order chi connectivity index (χ1) is 6.64. The molecule has 0 aliphatic heterocycles. The van der Waals surface area contributed by atoms with Gasteiger partial charge >= 0.3 is 0 Å². The fourth-order valence-corrected chi connectivity index (χ4v) is 2.83. The third-order valence-electron chi connectivity index (χ3n) is 2.95. The number of halogens is 2. The summed E-state index contributed by atoms with van der Waals surface area (Å²) in [5.74, 6) is 0.278. The van der Waals surface area contributed by atoms with Crippen molar-refractivity contribution in [2.24, 2.45) is 5.92 Å². The highest BCUT2D eigenvalue weighted by atomic mass is 79.9. The molecule has 0 heterocycles. The van der Waals surface area contributed by atoms with Gasteiger partial charge in [-0.3, -0.25) is 0 Å². The molecule has 1 aliphatic rings. The average Bonchev–Trinajstić information content (AvgIpc) is 2.28. The summed E-state index contributed by atoms with van der Waals surface area (Å²) in [6.45, 7) is 0. The minimum atomic E-state index is -0.811. The van der Waals surface area contributed by atoms with E-state index in [0.29, 0.717) is 5.33 Å². The summed E-state index contributed by atoms with van der Waals surface area (Å²) in [4.78, 5) is 0. The maximum Gasteiger partial charge on any atom is 0.147 e. The van der Waals surface area contributed by atoms with Crippen molar-refractivity contribution >= 4 is 31.9 Å². The summed E-state index contributed by atoms with van der Waals surface area (Å²) in [6.07, 6.45) is 5.15. The van der Waals surface area contributed by atoms with Crippen LogP contribution in [0.5, 0.6) is 0 Å². The smallest absolute Gasteiger partial charge is 0.147 e. The predicted molar refractivity (Wildman–Crippen MR) is 63.6 cm³/mol. The van der Waals surface area contributed by atoms with E-state index in [1.807, 2.05) is 0 Å². The molecule has 0 aromatic carbocycles. The lowest BCUT2D eigenvalue weighted by Crippen LogP contribution is -2.42. The lowest BCUT2D eigenvalue weighted by molar-refractivity contribution is 0.0731. The van der Waals surface area contributed by atoms with Gasteiger partial charge in [-0.15, -0.1) is 0 Å². The topological polar surface area (TPSA) is 44.0 Å². The predicted octanol–water partition coefficient (Wildman–Crippen LogP) is 2.98. The molecule has 80 valence electrons. The molecule has 0 amide bonds. The SMILES string of the molecule is N#CC(Br)(CBr)C(O)C1CCCCC1. The van der Waals surface area contributed by atoms with E-state index in [1.165, 1.54) is 19.3 Å². The minimum Gasteiger partial charge on any atom is -0.390 e. The molecule has 0 bridgehead atoms. The fourth-order valence-electron chi connectivity index (χ4n) is 2.00. The molecule has 2 nitrogen and oxygen atoms in total. The van der Waals surface area contributed by atoms with Gasteiger partial charge in [-0.05, 0) is 18.8 Å². The first kappa shape index (κ1) is 12.5. The monoisotopic (exact) mass is 323 g/mol. The number of hydrogen-bond acceptors (Lipinski definition) is 2. The summed E-state index contributed by atoms with van der Waals surface area (Å²) in [5.41, 5.74) is 0. The summed E-state index contributed by atoms with van der Waals surface area (Å²) >= 11 is 6.60. The van der Waals surface area contributed by atoms with E-state index >= 15 is 0 Å². The van der Waals surface area contributed by atoms with Crippen LogP contribution in [0.2, 0.25) is 0 Å². The number of rotatable bonds is 3. The number of nitrogens with zero attached hydrogens (tertiary/aromatic N) is 1. The van der Waals surface area contributed by atoms with Crippen LogP contribution >= 0.6 is 31.9 Å². The maximum absolute atomic E-state index is 10.1. The number of hydrogen-bond donors (Lipinski definition) is 1. The van der Waals surface area contributed by atoms with E-state index in [-0.39, 0.29) is 5.92 Å². The Morgan fingerprint density at radius 1 is 1.43 bits per heavy atom. The molecule has 2 unspecified atom stereocenters. The van der Waals surface area contributed by atoms with Gasteiger partial charge in [0.05, 0.1) is 12.2 Å². The normalized spacial score (nSPS) is 25.0. The molecule has 1 N–H and O–H groups in total. The molecule has 1 aliphatic carbocycles. The van der Waals surface area contributed by atoms with Gasteiger partial charge in [-0.25, -0.2) is 0 Å². The third kappa shape index (κ3) is 2.71. The van der Waals surface area contributed by atoms with E-state index in [9.17, 15) is 5.11 Å². The Hall–Kier alpha value is 0.410. The van der Waals surface area contributed by atoms with Crippen LogP contribution in [-0.4, -0.2) is 20.9 Å². The molecule has 0 radical (unpaired) electrons. The second kappa shape index (κ2) is 5.48. The van der Waals surface area contributed by atoms with Crippen LogP contribution in [0.25, 0.3) is 0 Å². The molecule has 1 rings (SSSR count). The number of nitriles is 1. The van der Waals surface area contributed by atoms with Crippen molar-refractivity contribution in [1.29, 1.82) is 5.26 Å². The Labute approximate surface area is 102 Å². The van der Waals surface area contributed by atoms with Gasteiger partial charge in [0.15, 0.2) is 0 Å². The van der Waals surface area contributed by atoms with Crippen LogP contribution in [0.3, 0.4) is 0 Å². The minimum absolute atomic E-state index is 0.278. The summed E-state index contributed by atoms with van der Waals surface area (Å²) in [6, 6.07) is 2.14. The van der Waals surface area contributed by atoms with Gasteiger partial charge < -0.3 is 5.11 Å². The number of aliphatic hydroxyl groups is 1. The van der Waals surface area contributed by atoms with Gasteiger partial charge in [0.25, 0.3) is 0 Å². The molecule has 0 aromatic heterocycles. The second-order valence-electron chi connectivity index (χ2n) is 3.95. The third-order valence-corrected chi connectivity index (χ3v) is 5.51. The van der Waals surface area contributed by atoms with E-state index in [1.54, 1.807) is 0 Å². The standard InChI is InChI=1S/C10H15Br2NO/c11-6-10(12,7-13)9(14)8-4-2-1-3-5-8/h8-9,14H,1-6H2. The summed E-state index contributed by atoms with van der Waals surface area (Å²) in [7, 11) is 0. The number of aliphatic hydroxyl groups excluding tert-OH is 1. The molecule has 14 heavy (non-hydrogen) atoms. The van der Waals surface area contributed by atoms with Crippen molar-refractivity contribution in [3.8, 4) is 6.07 Å². The molecular weight excluding hydrogens is 310 g/mol. The summed E-state index contributed by atoms with van der Waals surface area (Å²) < 4.78 is -0.811. The molecule has 1 fully saturated rings. The van der Waals surface area contributed by atoms with Crippen LogP contribution in [0, 0.1) is 17.2 Å². The van der Waals surface area contributed by atoms with E-state index < -0.39 is 10.4 Å². The molecular formula is C10H15Br2NO. The van der Waals surface area contributed by atoms with Crippen LogP contribution in [0.4, 0.5) is 0 Å². The maximum atomic E-state index is 10.1. The molecule has 0 aromatic rings. The van der Waals surface area contributed by atoms with Crippen LogP contribution < -0.4 is 0 Å². The Kier molecular flexibility index (Phi) is 4.89. The zero-order valence-electron chi connectivity index (χ0n) is 8.05. The van der Waals surface area contributed by atoms with Crippen molar-refractivity contribution in [2.75, 3.05) is 5.33 Å². The Bertz CT molecular complexity index is 223. The Morgan fingerprint density at radius 3 is 2.43 bits per heavy atom. The molecule has 4 heteroatoms. The quantitative estimate of drug-likeness (QED) is 0.811. The van der Waals surface area contributed by atoms with Gasteiger partial charge in [0, 0.05) is 5.33 Å². The average molecular weight is 325 g/mol. The van der Waals surface area contributed by atoms with Gasteiger partial charge in [-0.1, -0.05) is 51.1 Å². The Balaban J connectivity index is 2.62. The van der Waals surface area contributed by atoms with E-state index in [0.717, 1.165) is 12.8 Å². The van der Waals surface area contributed by atoms with E-state index in [4.69, 9.17) is 5.26 Å². The highest BCUT2D eigenvalue weighted by Crippen LogP contribution is 2.35. The number of alkyl halides is 2. The van der Waals surface area contributed by atoms with Crippen molar-refractivity contribution in [3.63, 3.8) is 0 Å². The highest BCUT2D eigenvalue weighted by molar-refractivity contribution is 9.12. The zero-order valence-corrected chi connectivity index (χ0v) is 11.2. The van der Waals surface area contributed by atoms with Crippen LogP contribution in [-0.2, 0) is 0 Å². The molecule has 0 spiro atoms. The first-order valence-electron chi connectivity index (χ1n) is 4.98. The van der Waals surface area contributed by atoms with Crippen molar-refractivity contribution in [2.45, 2.75) is 42.5 Å². The zero-order chi connectivity index (χ0) is 10.6. The van der Waals surface area contributed by atoms with E-state index in [2.05, 4.69) is 37.9 Å². The summed E-state index contributed by atoms with van der Waals surface area (Å²) in [5, 5.41) is 19.6. The molecule has 1 saturated carbocycles. The fraction of sp³-hybridized carbons (Fsp3) is 0.900. The highest BCUT2D eigenvalue weighted by Gasteiger charge is 2.39. The molecule has 2 atom stereocenters. The Morgan fingerprint density at radius 2 is 2.00 bits per heavy atom. The van der Waals surface area contributed by atoms with Crippen LogP contribution in [0.1, 0.15) is 32.1 Å². The van der Waals surface area contributed by atoms with Crippen molar-refractivity contribution < 1.29 is 5.11 Å². The van der Waals surface area contributed by atoms with Crippen LogP contribution in [0.15, 0.2) is 0 Å². The lowest BCUT2D eigenvalue weighted by Gasteiger charge is -2.33. The lowest BCUT2D eigenvalue weighted by atomic mass is 9.81. The largest absolute Gasteiger partial charge is 0.390 e. The molecule has 0 saturated heterocycles. The van der Waals surface area contributed by atoms with Crippen molar-refractivity contribution in [3.05, 3.63) is 0 Å². The van der Waals surface area contributed by atoms with Crippen molar-refractivity contribution in [1.82, 2.24) is 0 Å². The van der Waals surface area contributed by atoms with Gasteiger partial charge in [0.2, 0.25) is 0 Å². The van der Waals surface area contributed by atoms with Gasteiger partial charge in [-0.2, -0.15) is 5.26 Å². The second-order valence-corrected chi connectivity index (χ2v) is 5.93. The first-order valence-corrected chi connectivity index (χ1v) is 6.89. The van der Waals surface area contributed by atoms with Gasteiger partial charge in [0.1, 0.15) is 4.32 Å².